The average molecular weight is 657 g/mol. The second kappa shape index (κ2) is 12.0. The molecule has 0 unspecified atom stereocenters. The first kappa shape index (κ1) is 31.1. The van der Waals surface area contributed by atoms with E-state index in [1.807, 2.05) is 13.8 Å². The standard InChI is InChI=1S/C22H41N2O6.Ac/c1-10-22(11-2,28-9)17(23)16-14(13-25)12-15(18(26)29-20(3,4)5)24(16)19(27)30-21(6,7)8;/h14-17,23,25H,10-13H2,1-9H3;/q-1;/t14-,15+,16+,17+;/m0./s1. The topological polar surface area (TPSA) is 109 Å². The first-order valence-electron chi connectivity index (χ1n) is 10.8. The second-order valence-electron chi connectivity index (χ2n) is 10.1. The third-order valence-corrected chi connectivity index (χ3v) is 5.70. The summed E-state index contributed by atoms with van der Waals surface area (Å²) in [6, 6.07) is -2.56. The SMILES string of the molecule is CCC(CC)(OC)[C@H]([NH-])[C@H]1[C@H](CO)C[C@H](C(=O)OC(C)(C)C)N1C(=O)OC(C)(C)C.[Ac]. The van der Waals surface area contributed by atoms with Gasteiger partial charge in [-0.2, -0.15) is 0 Å². The van der Waals surface area contributed by atoms with E-state index in [0.29, 0.717) is 12.8 Å². The zero-order valence-electron chi connectivity index (χ0n) is 20.7. The van der Waals surface area contributed by atoms with Gasteiger partial charge >= 0.3 is 12.1 Å². The average Bonchev–Trinajstić information content (AvgIpc) is 3.00. The molecule has 4 atom stereocenters. The number of nitrogens with one attached hydrogen (secondary N) is 1. The van der Waals surface area contributed by atoms with Crippen molar-refractivity contribution in [3.8, 4) is 0 Å². The monoisotopic (exact) mass is 656 g/mol. The van der Waals surface area contributed by atoms with Crippen LogP contribution in [0.3, 0.4) is 0 Å². The van der Waals surface area contributed by atoms with Crippen LogP contribution in [0.25, 0.3) is 5.73 Å². The van der Waals surface area contributed by atoms with Crippen molar-refractivity contribution in [3.63, 3.8) is 0 Å². The summed E-state index contributed by atoms with van der Waals surface area (Å²) in [7, 11) is 1.56. The summed E-state index contributed by atoms with van der Waals surface area (Å²) in [4.78, 5) is 27.5. The van der Waals surface area contributed by atoms with Crippen molar-refractivity contribution in [1.82, 2.24) is 4.90 Å². The quantitative estimate of drug-likeness (QED) is 0.416. The molecule has 0 saturated carbocycles. The Morgan fingerprint density at radius 3 is 1.90 bits per heavy atom. The first-order chi connectivity index (χ1) is 13.7. The summed E-state index contributed by atoms with van der Waals surface area (Å²) >= 11 is 0. The van der Waals surface area contributed by atoms with Gasteiger partial charge in [-0.15, -0.1) is 0 Å². The number of methoxy groups -OCH3 is 1. The maximum absolute atomic E-state index is 13.2. The van der Waals surface area contributed by atoms with E-state index in [-0.39, 0.29) is 57.1 Å². The molecule has 1 heterocycles. The molecule has 0 bridgehead atoms. The van der Waals surface area contributed by atoms with Gasteiger partial charge in [0.25, 0.3) is 0 Å². The number of hydrogen-bond acceptors (Lipinski definition) is 6. The maximum Gasteiger partial charge on any atom is 0.411 e. The van der Waals surface area contributed by atoms with Crippen molar-refractivity contribution in [2.24, 2.45) is 5.92 Å². The summed E-state index contributed by atoms with van der Waals surface area (Å²) in [5.74, 6) is -1.03. The number of likely N-dealkylation sites (tertiary alicyclic amines) is 1. The Labute approximate surface area is 223 Å². The van der Waals surface area contributed by atoms with Gasteiger partial charge < -0.3 is 25.1 Å². The molecule has 1 radical (unpaired) electrons. The number of ether oxygens (including phenoxy) is 3. The molecule has 179 valence electrons. The fourth-order valence-electron chi connectivity index (χ4n) is 4.15. The number of aliphatic hydroxyl groups is 1. The molecular formula is C22H41AcN2O6-. The van der Waals surface area contributed by atoms with E-state index in [2.05, 4.69) is 0 Å². The second-order valence-corrected chi connectivity index (χ2v) is 10.1. The van der Waals surface area contributed by atoms with Gasteiger partial charge in [0.05, 0.1) is 5.60 Å². The van der Waals surface area contributed by atoms with Crippen LogP contribution in [0.4, 0.5) is 4.79 Å². The Balaban J connectivity index is 0.00000900. The molecule has 9 heteroatoms. The fourth-order valence-corrected chi connectivity index (χ4v) is 4.15. The van der Waals surface area contributed by atoms with Gasteiger partial charge in [-0.25, -0.2) is 9.59 Å². The molecule has 0 aromatic heterocycles. The fraction of sp³-hybridized carbons (Fsp3) is 0.909. The molecule has 31 heavy (non-hydrogen) atoms. The Hall–Kier alpha value is 0.0616. The van der Waals surface area contributed by atoms with Crippen LogP contribution in [0.1, 0.15) is 74.7 Å². The van der Waals surface area contributed by atoms with Gasteiger partial charge in [-0.1, -0.05) is 19.9 Å². The third-order valence-electron chi connectivity index (χ3n) is 5.70. The molecule has 2 N–H and O–H groups in total. The number of carbonyl (C=O) groups excluding carboxylic acids is 2. The van der Waals surface area contributed by atoms with Crippen LogP contribution in [-0.2, 0) is 19.0 Å². The molecule has 0 spiro atoms. The molecule has 0 aliphatic carbocycles. The van der Waals surface area contributed by atoms with Crippen LogP contribution in [0, 0.1) is 50.0 Å². The van der Waals surface area contributed by atoms with Crippen molar-refractivity contribution in [2.45, 2.75) is 110 Å². The number of aliphatic hydroxyl groups excluding tert-OH is 1. The minimum Gasteiger partial charge on any atom is -0.671 e. The zero-order valence-corrected chi connectivity index (χ0v) is 25.4. The molecule has 8 nitrogen and oxygen atoms in total. The van der Waals surface area contributed by atoms with Gasteiger partial charge in [-0.3, -0.25) is 4.90 Å². The molecule has 0 aromatic carbocycles. The number of carbonyl (C=O) groups is 2. The summed E-state index contributed by atoms with van der Waals surface area (Å²) < 4.78 is 16.9. The van der Waals surface area contributed by atoms with Crippen LogP contribution in [0.15, 0.2) is 0 Å². The Morgan fingerprint density at radius 1 is 1.06 bits per heavy atom. The Bertz CT molecular complexity index is 590. The van der Waals surface area contributed by atoms with Crippen molar-refractivity contribution < 1.29 is 73.0 Å². The Morgan fingerprint density at radius 2 is 1.55 bits per heavy atom. The molecule has 1 aliphatic rings. The molecule has 1 saturated heterocycles. The van der Waals surface area contributed by atoms with Gasteiger partial charge in [0.15, 0.2) is 0 Å². The minimum atomic E-state index is -0.933. The zero-order chi connectivity index (χ0) is 23.5. The molecule has 1 rings (SSSR count). The van der Waals surface area contributed by atoms with E-state index in [4.69, 9.17) is 19.9 Å². The number of hydrogen-bond donors (Lipinski definition) is 1. The number of rotatable bonds is 7. The van der Waals surface area contributed by atoms with Gasteiger partial charge in [0, 0.05) is 69.7 Å². The first-order valence-corrected chi connectivity index (χ1v) is 10.8. The van der Waals surface area contributed by atoms with Crippen LogP contribution in [0.5, 0.6) is 0 Å². The van der Waals surface area contributed by atoms with Crippen molar-refractivity contribution in [2.75, 3.05) is 13.7 Å². The molecule has 0 aromatic rings. The third kappa shape index (κ3) is 7.81. The normalized spacial score (nSPS) is 23.2. The van der Waals surface area contributed by atoms with Crippen molar-refractivity contribution in [3.05, 3.63) is 5.73 Å². The van der Waals surface area contributed by atoms with Crippen LogP contribution in [-0.4, -0.2) is 70.7 Å². The van der Waals surface area contributed by atoms with E-state index in [1.165, 1.54) is 4.90 Å². The smallest absolute Gasteiger partial charge is 0.411 e. The predicted octanol–water partition coefficient (Wildman–Crippen LogP) is 3.94. The van der Waals surface area contributed by atoms with E-state index < -0.39 is 52.9 Å². The summed E-state index contributed by atoms with van der Waals surface area (Å²) in [5.41, 5.74) is 6.71. The number of amides is 1. The number of esters is 1. The van der Waals surface area contributed by atoms with Gasteiger partial charge in [0.1, 0.15) is 17.2 Å². The van der Waals surface area contributed by atoms with Crippen LogP contribution < -0.4 is 0 Å². The van der Waals surface area contributed by atoms with Crippen LogP contribution in [0.2, 0.25) is 0 Å². The summed E-state index contributed by atoms with van der Waals surface area (Å²) in [6.45, 7) is 14.1. The molecular weight excluding hydrogens is 615 g/mol. The van der Waals surface area contributed by atoms with E-state index in [9.17, 15) is 14.7 Å². The minimum absolute atomic E-state index is 0. The van der Waals surface area contributed by atoms with E-state index >= 15 is 0 Å². The largest absolute Gasteiger partial charge is 0.671 e. The number of nitrogens with zero attached hydrogens (tertiary/aromatic N) is 1. The van der Waals surface area contributed by atoms with Crippen molar-refractivity contribution in [1.29, 1.82) is 0 Å². The summed E-state index contributed by atoms with van der Waals surface area (Å²) in [5, 5.41) is 10.1. The Kier molecular flexibility index (Phi) is 12.0. The van der Waals surface area contributed by atoms with E-state index in [0.717, 1.165) is 0 Å². The summed E-state index contributed by atoms with van der Waals surface area (Å²) in [6.07, 6.45) is 0.635. The maximum atomic E-state index is 13.2. The molecule has 1 aliphatic heterocycles. The van der Waals surface area contributed by atoms with Crippen LogP contribution >= 0.6 is 0 Å². The van der Waals surface area contributed by atoms with Gasteiger partial charge in [0.2, 0.25) is 0 Å². The van der Waals surface area contributed by atoms with E-state index in [1.54, 1.807) is 48.7 Å². The predicted molar refractivity (Wildman–Crippen MR) is 115 cm³/mol. The van der Waals surface area contributed by atoms with Crippen molar-refractivity contribution >= 4 is 12.1 Å². The van der Waals surface area contributed by atoms with Gasteiger partial charge in [-0.05, 0) is 60.8 Å². The molecule has 1 amide bonds. The molecule has 1 fully saturated rings.